The summed E-state index contributed by atoms with van der Waals surface area (Å²) in [6, 6.07) is 0. The Bertz CT molecular complexity index is 635. The highest BCUT2D eigenvalue weighted by Gasteiger charge is 2.51. The van der Waals surface area contributed by atoms with E-state index in [0.717, 1.165) is 0 Å². The molecule has 0 aromatic rings. The van der Waals surface area contributed by atoms with Gasteiger partial charge in [0.05, 0.1) is 26.4 Å². The average Bonchev–Trinajstić information content (AvgIpc) is 2.99. The van der Waals surface area contributed by atoms with Crippen molar-refractivity contribution in [3.05, 3.63) is 0 Å². The van der Waals surface area contributed by atoms with E-state index in [1.54, 1.807) is 0 Å². The Morgan fingerprint density at radius 2 is 0.854 bits per heavy atom. The van der Waals surface area contributed by atoms with Gasteiger partial charge >= 0.3 is 0 Å². The summed E-state index contributed by atoms with van der Waals surface area (Å²) in [4.78, 5) is 0. The fourth-order valence-corrected chi connectivity index (χ4v) is 5.51. The fourth-order valence-electron chi connectivity index (χ4n) is 5.51. The van der Waals surface area contributed by atoms with Gasteiger partial charge < -0.3 is 71.8 Å². The maximum Gasteiger partial charge on any atom is 0.187 e. The zero-order valence-corrected chi connectivity index (χ0v) is 25.5. The van der Waals surface area contributed by atoms with Crippen LogP contribution >= 0.6 is 0 Å². The van der Waals surface area contributed by atoms with E-state index in [1.807, 2.05) is 0 Å². The van der Waals surface area contributed by atoms with Crippen LogP contribution in [0.25, 0.3) is 0 Å². The van der Waals surface area contributed by atoms with E-state index in [0.29, 0.717) is 0 Å². The maximum absolute atomic E-state index is 10.4. The molecule has 0 amide bonds. The molecule has 244 valence electrons. The molecule has 2 saturated heterocycles. The van der Waals surface area contributed by atoms with Crippen LogP contribution in [0.15, 0.2) is 0 Å². The molecule has 13 atom stereocenters. The number of hydrogen-bond acceptors (Lipinski definition) is 15. The SMILES string of the molecule is COC[C@H]1O[C@@H](O[C@@H](CO)C(OC)[C@@H](CO)O[C@@H]2O[C@H](COC)[C@@H](OC)[C@H](OC)[C@H]2OC)[C@H](OC)[C@@H](OC)[C@@H]1OC. The van der Waals surface area contributed by atoms with E-state index in [4.69, 9.17) is 61.6 Å². The summed E-state index contributed by atoms with van der Waals surface area (Å²) in [5.74, 6) is 0. The molecular weight excluding hydrogens is 552 g/mol. The molecule has 0 saturated carbocycles. The number of ether oxygens (including phenoxy) is 13. The van der Waals surface area contributed by atoms with Gasteiger partial charge in [-0.3, -0.25) is 0 Å². The monoisotopic (exact) mass is 602 g/mol. The van der Waals surface area contributed by atoms with Crippen molar-refractivity contribution in [1.82, 2.24) is 0 Å². The average molecular weight is 603 g/mol. The molecule has 2 N–H and O–H groups in total. The second kappa shape index (κ2) is 18.9. The Hall–Kier alpha value is -0.600. The fraction of sp³-hybridized carbons (Fsp3) is 1.00. The summed E-state index contributed by atoms with van der Waals surface area (Å²) < 4.78 is 75.0. The van der Waals surface area contributed by atoms with Crippen LogP contribution in [-0.4, -0.2) is 180 Å². The van der Waals surface area contributed by atoms with Crippen molar-refractivity contribution >= 4 is 0 Å². The van der Waals surface area contributed by atoms with Gasteiger partial charge in [0.25, 0.3) is 0 Å². The van der Waals surface area contributed by atoms with Crippen LogP contribution in [0.2, 0.25) is 0 Å². The molecule has 2 aliphatic rings. The van der Waals surface area contributed by atoms with Crippen LogP contribution in [0.5, 0.6) is 0 Å². The van der Waals surface area contributed by atoms with E-state index < -0.39 is 92.9 Å². The van der Waals surface area contributed by atoms with Crippen LogP contribution in [0.4, 0.5) is 0 Å². The molecule has 2 heterocycles. The lowest BCUT2D eigenvalue weighted by molar-refractivity contribution is -0.346. The molecule has 2 aliphatic heterocycles. The third-order valence-electron chi connectivity index (χ3n) is 7.46. The second-order valence-corrected chi connectivity index (χ2v) is 9.61. The van der Waals surface area contributed by atoms with Gasteiger partial charge in [0.2, 0.25) is 0 Å². The first-order chi connectivity index (χ1) is 19.9. The minimum absolute atomic E-state index is 0.192. The third-order valence-corrected chi connectivity index (χ3v) is 7.46. The van der Waals surface area contributed by atoms with E-state index >= 15 is 0 Å². The molecule has 2 rings (SSSR count). The van der Waals surface area contributed by atoms with E-state index in [2.05, 4.69) is 0 Å². The van der Waals surface area contributed by atoms with Crippen LogP contribution in [0.3, 0.4) is 0 Å². The smallest absolute Gasteiger partial charge is 0.187 e. The summed E-state index contributed by atoms with van der Waals surface area (Å²) in [6.07, 6.45) is -9.88. The largest absolute Gasteiger partial charge is 0.394 e. The number of methoxy groups -OCH3 is 9. The summed E-state index contributed by atoms with van der Waals surface area (Å²) in [6.45, 7) is -0.630. The zero-order chi connectivity index (χ0) is 30.5. The van der Waals surface area contributed by atoms with Crippen molar-refractivity contribution in [2.24, 2.45) is 0 Å². The van der Waals surface area contributed by atoms with Gasteiger partial charge in [-0.1, -0.05) is 0 Å². The first-order valence-corrected chi connectivity index (χ1v) is 13.4. The molecular formula is C26H50O15. The lowest BCUT2D eigenvalue weighted by Crippen LogP contribution is -2.63. The molecule has 1 unspecified atom stereocenters. The van der Waals surface area contributed by atoms with Gasteiger partial charge in [0.15, 0.2) is 12.6 Å². The number of hydrogen-bond donors (Lipinski definition) is 2. The molecule has 0 bridgehead atoms. The van der Waals surface area contributed by atoms with Gasteiger partial charge in [-0.25, -0.2) is 0 Å². The quantitative estimate of drug-likeness (QED) is 0.177. The molecule has 2 fully saturated rings. The van der Waals surface area contributed by atoms with Gasteiger partial charge in [-0.2, -0.15) is 0 Å². The molecule has 15 nitrogen and oxygen atoms in total. The van der Waals surface area contributed by atoms with E-state index in [1.165, 1.54) is 64.0 Å². The summed E-state index contributed by atoms with van der Waals surface area (Å²) in [7, 11) is 13.6. The van der Waals surface area contributed by atoms with Crippen molar-refractivity contribution < 1.29 is 71.8 Å². The highest BCUT2D eigenvalue weighted by Crippen LogP contribution is 2.32. The van der Waals surface area contributed by atoms with Crippen molar-refractivity contribution in [1.29, 1.82) is 0 Å². The summed E-state index contributed by atoms with van der Waals surface area (Å²) >= 11 is 0. The van der Waals surface area contributed by atoms with Gasteiger partial charge in [0.1, 0.15) is 67.1 Å². The Morgan fingerprint density at radius 1 is 0.512 bits per heavy atom. The van der Waals surface area contributed by atoms with Crippen molar-refractivity contribution in [3.63, 3.8) is 0 Å². The van der Waals surface area contributed by atoms with E-state index in [-0.39, 0.29) is 13.2 Å². The first kappa shape index (κ1) is 36.6. The van der Waals surface area contributed by atoms with Crippen molar-refractivity contribution in [2.45, 2.75) is 79.7 Å². The zero-order valence-electron chi connectivity index (χ0n) is 25.5. The van der Waals surface area contributed by atoms with Crippen LogP contribution < -0.4 is 0 Å². The summed E-state index contributed by atoms with van der Waals surface area (Å²) in [5.41, 5.74) is 0. The molecule has 0 aromatic carbocycles. The highest BCUT2D eigenvalue weighted by atomic mass is 16.8. The number of aliphatic hydroxyl groups is 2. The number of aliphatic hydroxyl groups excluding tert-OH is 2. The lowest BCUT2D eigenvalue weighted by Gasteiger charge is -2.47. The Balaban J connectivity index is 2.29. The highest BCUT2D eigenvalue weighted by molar-refractivity contribution is 4.95. The third kappa shape index (κ3) is 8.74. The standard InChI is InChI=1S/C26H50O15/c1-29-12-16-19(32-4)21(34-6)23(36-8)25(40-16)38-14(10-27)18(31-3)15(11-28)39-26-24(37-9)22(35-7)20(33-5)17(41-26)13-30-2/h14-28H,10-13H2,1-9H3/t14-,15+,16-,17-,18?,19-,20-,21+,22+,23-,24-,25-,26-/m1/s1. The van der Waals surface area contributed by atoms with Crippen LogP contribution in [0, 0.1) is 0 Å². The number of rotatable bonds is 19. The molecule has 0 aliphatic carbocycles. The molecule has 41 heavy (non-hydrogen) atoms. The predicted molar refractivity (Wildman–Crippen MR) is 141 cm³/mol. The first-order valence-electron chi connectivity index (χ1n) is 13.4. The van der Waals surface area contributed by atoms with Crippen molar-refractivity contribution in [3.8, 4) is 0 Å². The summed E-state index contributed by atoms with van der Waals surface area (Å²) in [5, 5.41) is 20.8. The predicted octanol–water partition coefficient (Wildman–Crippen LogP) is -1.41. The minimum Gasteiger partial charge on any atom is -0.394 e. The van der Waals surface area contributed by atoms with Gasteiger partial charge in [0, 0.05) is 64.0 Å². The Kier molecular flexibility index (Phi) is 16.9. The molecule has 0 radical (unpaired) electrons. The Morgan fingerprint density at radius 3 is 1.10 bits per heavy atom. The molecule has 0 aromatic heterocycles. The Labute approximate surface area is 242 Å². The van der Waals surface area contributed by atoms with Crippen LogP contribution in [0.1, 0.15) is 0 Å². The van der Waals surface area contributed by atoms with Crippen LogP contribution in [-0.2, 0) is 61.6 Å². The van der Waals surface area contributed by atoms with E-state index in [9.17, 15) is 10.2 Å². The van der Waals surface area contributed by atoms with Gasteiger partial charge in [-0.15, -0.1) is 0 Å². The molecule has 15 heteroatoms. The van der Waals surface area contributed by atoms with Gasteiger partial charge in [-0.05, 0) is 0 Å². The maximum atomic E-state index is 10.4. The second-order valence-electron chi connectivity index (χ2n) is 9.61. The normalized spacial score (nSPS) is 36.7. The van der Waals surface area contributed by atoms with Crippen molar-refractivity contribution in [2.75, 3.05) is 90.4 Å². The molecule has 0 spiro atoms. The lowest BCUT2D eigenvalue weighted by atomic mass is 9.98. The topological polar surface area (TPSA) is 160 Å². The minimum atomic E-state index is -1.04.